The largest absolute Gasteiger partial charge is 0.396 e. The molecule has 5 heteroatoms. The molecule has 0 aromatic carbocycles. The first-order chi connectivity index (χ1) is 6.29. The van der Waals surface area contributed by atoms with Crippen LogP contribution in [0.4, 0.5) is 5.69 Å². The number of amides is 1. The molecule has 1 aliphatic rings. The van der Waals surface area contributed by atoms with Gasteiger partial charge < -0.3 is 10.6 Å². The molecule has 0 aliphatic carbocycles. The zero-order chi connectivity index (χ0) is 9.26. The maximum atomic E-state index is 11.7. The standard InChI is InChI=1S/C8H11N3OS/c9-6-5-10-13-7(6)8(12)11-3-1-2-4-11/h5H,1-4,9H2. The summed E-state index contributed by atoms with van der Waals surface area (Å²) in [5.41, 5.74) is 6.11. The maximum absolute atomic E-state index is 11.7. The molecule has 1 fully saturated rings. The van der Waals surface area contributed by atoms with Gasteiger partial charge in [0.2, 0.25) is 0 Å². The van der Waals surface area contributed by atoms with Gasteiger partial charge in [-0.05, 0) is 24.4 Å². The van der Waals surface area contributed by atoms with E-state index >= 15 is 0 Å². The Morgan fingerprint density at radius 2 is 2.23 bits per heavy atom. The van der Waals surface area contributed by atoms with E-state index in [9.17, 15) is 4.79 Å². The number of nitrogens with zero attached hydrogens (tertiary/aromatic N) is 2. The monoisotopic (exact) mass is 197 g/mol. The quantitative estimate of drug-likeness (QED) is 0.729. The van der Waals surface area contributed by atoms with Crippen molar-refractivity contribution in [1.29, 1.82) is 0 Å². The molecule has 0 radical (unpaired) electrons. The minimum atomic E-state index is 0.0394. The van der Waals surface area contributed by atoms with Gasteiger partial charge >= 0.3 is 0 Å². The Kier molecular flexibility index (Phi) is 2.18. The minimum Gasteiger partial charge on any atom is -0.396 e. The van der Waals surface area contributed by atoms with Crippen LogP contribution in [-0.2, 0) is 0 Å². The molecule has 1 aliphatic heterocycles. The van der Waals surface area contributed by atoms with Gasteiger partial charge in [-0.25, -0.2) is 0 Å². The molecule has 2 heterocycles. The van der Waals surface area contributed by atoms with Crippen LogP contribution in [0.2, 0.25) is 0 Å². The van der Waals surface area contributed by atoms with E-state index < -0.39 is 0 Å². The van der Waals surface area contributed by atoms with Crippen molar-refractivity contribution in [1.82, 2.24) is 9.27 Å². The van der Waals surface area contributed by atoms with Crippen molar-refractivity contribution in [2.75, 3.05) is 18.8 Å². The number of anilines is 1. The number of rotatable bonds is 1. The molecule has 0 unspecified atom stereocenters. The second kappa shape index (κ2) is 3.33. The van der Waals surface area contributed by atoms with Gasteiger partial charge in [0.1, 0.15) is 4.88 Å². The second-order valence-electron chi connectivity index (χ2n) is 3.11. The highest BCUT2D eigenvalue weighted by Crippen LogP contribution is 2.20. The van der Waals surface area contributed by atoms with Gasteiger partial charge in [0.25, 0.3) is 5.91 Å². The van der Waals surface area contributed by atoms with Crippen molar-refractivity contribution >= 4 is 23.1 Å². The SMILES string of the molecule is Nc1cnsc1C(=O)N1CCCC1. The fourth-order valence-corrected chi connectivity index (χ4v) is 2.11. The molecule has 2 N–H and O–H groups in total. The molecule has 0 saturated carbocycles. The molecule has 1 aromatic rings. The summed E-state index contributed by atoms with van der Waals surface area (Å²) in [6.07, 6.45) is 3.74. The Balaban J connectivity index is 2.17. The van der Waals surface area contributed by atoms with Gasteiger partial charge in [-0.3, -0.25) is 4.79 Å². The molecule has 0 spiro atoms. The van der Waals surface area contributed by atoms with Crippen molar-refractivity contribution in [3.05, 3.63) is 11.1 Å². The van der Waals surface area contributed by atoms with E-state index in [1.54, 1.807) is 0 Å². The van der Waals surface area contributed by atoms with Crippen molar-refractivity contribution in [3.63, 3.8) is 0 Å². The lowest BCUT2D eigenvalue weighted by atomic mass is 10.4. The summed E-state index contributed by atoms with van der Waals surface area (Å²) in [7, 11) is 0. The summed E-state index contributed by atoms with van der Waals surface area (Å²) in [5, 5.41) is 0. The highest BCUT2D eigenvalue weighted by Gasteiger charge is 2.22. The Morgan fingerprint density at radius 3 is 2.77 bits per heavy atom. The Labute approximate surface area is 80.5 Å². The number of nitrogens with two attached hydrogens (primary N) is 1. The van der Waals surface area contributed by atoms with Crippen LogP contribution in [0.15, 0.2) is 6.20 Å². The highest BCUT2D eigenvalue weighted by molar-refractivity contribution is 7.08. The molecule has 70 valence electrons. The van der Waals surface area contributed by atoms with Gasteiger partial charge in [-0.2, -0.15) is 4.37 Å². The number of carbonyl (C=O) groups excluding carboxylic acids is 1. The minimum absolute atomic E-state index is 0.0394. The number of hydrogen-bond donors (Lipinski definition) is 1. The molecule has 1 saturated heterocycles. The summed E-state index contributed by atoms with van der Waals surface area (Å²) < 4.78 is 3.88. The van der Waals surface area contributed by atoms with E-state index in [1.807, 2.05) is 4.90 Å². The van der Waals surface area contributed by atoms with Crippen LogP contribution in [0.25, 0.3) is 0 Å². The average Bonchev–Trinajstić information content (AvgIpc) is 2.72. The predicted octanol–water partition coefficient (Wildman–Crippen LogP) is 0.961. The van der Waals surface area contributed by atoms with Crippen LogP contribution >= 0.6 is 11.5 Å². The van der Waals surface area contributed by atoms with Gasteiger partial charge in [0.15, 0.2) is 0 Å². The highest BCUT2D eigenvalue weighted by atomic mass is 32.1. The third-order valence-corrected chi connectivity index (χ3v) is 2.99. The predicted molar refractivity (Wildman–Crippen MR) is 51.7 cm³/mol. The van der Waals surface area contributed by atoms with Crippen LogP contribution in [0.3, 0.4) is 0 Å². The average molecular weight is 197 g/mol. The molecular weight excluding hydrogens is 186 g/mol. The number of hydrogen-bond acceptors (Lipinski definition) is 4. The van der Waals surface area contributed by atoms with Gasteiger partial charge in [-0.15, -0.1) is 0 Å². The van der Waals surface area contributed by atoms with E-state index in [0.29, 0.717) is 10.6 Å². The molecule has 0 bridgehead atoms. The van der Waals surface area contributed by atoms with Crippen LogP contribution < -0.4 is 5.73 Å². The zero-order valence-electron chi connectivity index (χ0n) is 7.19. The first-order valence-electron chi connectivity index (χ1n) is 4.28. The Morgan fingerprint density at radius 1 is 1.54 bits per heavy atom. The first-order valence-corrected chi connectivity index (χ1v) is 5.06. The van der Waals surface area contributed by atoms with Crippen LogP contribution in [0, 0.1) is 0 Å². The maximum Gasteiger partial charge on any atom is 0.267 e. The van der Waals surface area contributed by atoms with E-state index in [2.05, 4.69) is 4.37 Å². The third-order valence-electron chi connectivity index (χ3n) is 2.19. The topological polar surface area (TPSA) is 59.2 Å². The lowest BCUT2D eigenvalue weighted by Crippen LogP contribution is -2.27. The summed E-state index contributed by atoms with van der Waals surface area (Å²) >= 11 is 1.18. The Hall–Kier alpha value is -1.10. The summed E-state index contributed by atoms with van der Waals surface area (Å²) in [6, 6.07) is 0. The molecule has 0 atom stereocenters. The number of nitrogen functional groups attached to an aromatic ring is 1. The van der Waals surface area contributed by atoms with Crippen molar-refractivity contribution in [3.8, 4) is 0 Å². The van der Waals surface area contributed by atoms with Gasteiger partial charge in [-0.1, -0.05) is 0 Å². The Bertz CT molecular complexity index is 317. The zero-order valence-corrected chi connectivity index (χ0v) is 8.01. The van der Waals surface area contributed by atoms with Crippen molar-refractivity contribution in [2.24, 2.45) is 0 Å². The lowest BCUT2D eigenvalue weighted by Gasteiger charge is -2.13. The number of aromatic nitrogens is 1. The van der Waals surface area contributed by atoms with E-state index in [-0.39, 0.29) is 5.91 Å². The molecule has 1 aromatic heterocycles. The molecular formula is C8H11N3OS. The summed E-state index contributed by atoms with van der Waals surface area (Å²) in [6.45, 7) is 1.71. The first kappa shape index (κ1) is 8.50. The van der Waals surface area contributed by atoms with Gasteiger partial charge in [0.05, 0.1) is 11.9 Å². The van der Waals surface area contributed by atoms with Crippen molar-refractivity contribution in [2.45, 2.75) is 12.8 Å². The second-order valence-corrected chi connectivity index (χ2v) is 3.91. The molecule has 2 rings (SSSR count). The molecule has 13 heavy (non-hydrogen) atoms. The number of carbonyl (C=O) groups is 1. The third kappa shape index (κ3) is 1.51. The fourth-order valence-electron chi connectivity index (χ4n) is 1.47. The van der Waals surface area contributed by atoms with Crippen LogP contribution in [-0.4, -0.2) is 28.3 Å². The smallest absolute Gasteiger partial charge is 0.267 e. The summed E-state index contributed by atoms with van der Waals surface area (Å²) in [4.78, 5) is 14.2. The molecule has 1 amide bonds. The van der Waals surface area contributed by atoms with E-state index in [4.69, 9.17) is 5.73 Å². The van der Waals surface area contributed by atoms with Crippen LogP contribution in [0.1, 0.15) is 22.5 Å². The normalized spacial score (nSPS) is 16.5. The number of likely N-dealkylation sites (tertiary alicyclic amines) is 1. The van der Waals surface area contributed by atoms with E-state index in [0.717, 1.165) is 25.9 Å². The van der Waals surface area contributed by atoms with E-state index in [1.165, 1.54) is 17.7 Å². The fraction of sp³-hybridized carbons (Fsp3) is 0.500. The van der Waals surface area contributed by atoms with Crippen molar-refractivity contribution < 1.29 is 4.79 Å². The van der Waals surface area contributed by atoms with Gasteiger partial charge in [0, 0.05) is 13.1 Å². The van der Waals surface area contributed by atoms with Crippen LogP contribution in [0.5, 0.6) is 0 Å². The summed E-state index contributed by atoms with van der Waals surface area (Å²) in [5.74, 6) is 0.0394. The lowest BCUT2D eigenvalue weighted by molar-refractivity contribution is 0.0798. The molecule has 4 nitrogen and oxygen atoms in total.